The third-order valence-corrected chi connectivity index (χ3v) is 4.87. The molecule has 2 heteroatoms. The normalized spacial score (nSPS) is 27.1. The average Bonchev–Trinajstić information content (AvgIpc) is 2.38. The molecule has 1 aliphatic rings. The maximum atomic E-state index is 12.4. The number of rotatable bonds is 2. The highest BCUT2D eigenvalue weighted by molar-refractivity contribution is 5.96. The molecule has 0 spiro atoms. The highest BCUT2D eigenvalue weighted by Crippen LogP contribution is 2.29. The zero-order valence-corrected chi connectivity index (χ0v) is 12.5. The number of hydrogen-bond acceptors (Lipinski definition) is 1. The van der Waals surface area contributed by atoms with Gasteiger partial charge in [0.15, 0.2) is 0 Å². The van der Waals surface area contributed by atoms with Crippen LogP contribution in [0.15, 0.2) is 18.2 Å². The molecular weight excluding hydrogens is 234 g/mol. The van der Waals surface area contributed by atoms with E-state index in [0.29, 0.717) is 17.9 Å². The van der Waals surface area contributed by atoms with E-state index in [9.17, 15) is 4.79 Å². The summed E-state index contributed by atoms with van der Waals surface area (Å²) in [5.74, 6) is 1.37. The Bertz CT molecular complexity index is 466. The van der Waals surface area contributed by atoms with Crippen LogP contribution in [0.1, 0.15) is 54.6 Å². The summed E-state index contributed by atoms with van der Waals surface area (Å²) in [6.07, 6.45) is 3.63. The van der Waals surface area contributed by atoms with Crippen molar-refractivity contribution >= 4 is 5.91 Å². The van der Waals surface area contributed by atoms with Gasteiger partial charge < -0.3 is 5.32 Å². The van der Waals surface area contributed by atoms with Gasteiger partial charge in [0.05, 0.1) is 0 Å². The Labute approximate surface area is 116 Å². The van der Waals surface area contributed by atoms with Crippen LogP contribution >= 0.6 is 0 Å². The van der Waals surface area contributed by atoms with Crippen molar-refractivity contribution in [2.45, 2.75) is 53.0 Å². The Balaban J connectivity index is 2.10. The summed E-state index contributed by atoms with van der Waals surface area (Å²) >= 11 is 0. The monoisotopic (exact) mass is 259 g/mol. The maximum Gasteiger partial charge on any atom is 0.251 e. The minimum Gasteiger partial charge on any atom is -0.349 e. The number of amides is 1. The van der Waals surface area contributed by atoms with E-state index in [2.05, 4.69) is 32.2 Å². The van der Waals surface area contributed by atoms with Crippen LogP contribution in [-0.4, -0.2) is 11.9 Å². The summed E-state index contributed by atoms with van der Waals surface area (Å²) in [7, 11) is 0. The van der Waals surface area contributed by atoms with Gasteiger partial charge in [0.25, 0.3) is 5.91 Å². The van der Waals surface area contributed by atoms with Crippen LogP contribution in [0.2, 0.25) is 0 Å². The van der Waals surface area contributed by atoms with E-state index in [4.69, 9.17) is 0 Å². The van der Waals surface area contributed by atoms with Crippen molar-refractivity contribution in [2.24, 2.45) is 11.8 Å². The Hall–Kier alpha value is -1.31. The van der Waals surface area contributed by atoms with Crippen molar-refractivity contribution in [3.8, 4) is 0 Å². The first-order valence-electron chi connectivity index (χ1n) is 7.37. The second-order valence-corrected chi connectivity index (χ2v) is 6.09. The number of nitrogens with one attached hydrogen (secondary N) is 1. The van der Waals surface area contributed by atoms with Crippen molar-refractivity contribution in [1.82, 2.24) is 5.32 Å². The van der Waals surface area contributed by atoms with Gasteiger partial charge in [0.1, 0.15) is 0 Å². The molecule has 0 aliphatic heterocycles. The lowest BCUT2D eigenvalue weighted by Crippen LogP contribution is -2.43. The van der Waals surface area contributed by atoms with Crippen LogP contribution in [0.25, 0.3) is 0 Å². The molecule has 0 aromatic heterocycles. The van der Waals surface area contributed by atoms with Gasteiger partial charge in [-0.05, 0) is 49.3 Å². The van der Waals surface area contributed by atoms with Crippen molar-refractivity contribution in [2.75, 3.05) is 0 Å². The molecular formula is C17H25NO. The van der Waals surface area contributed by atoms with Gasteiger partial charge in [-0.15, -0.1) is 0 Å². The first-order valence-corrected chi connectivity index (χ1v) is 7.37. The molecule has 1 aromatic rings. The molecule has 19 heavy (non-hydrogen) atoms. The molecule has 104 valence electrons. The van der Waals surface area contributed by atoms with E-state index >= 15 is 0 Å². The number of aryl methyl sites for hydroxylation is 1. The molecule has 0 saturated heterocycles. The molecule has 1 fully saturated rings. The molecule has 3 atom stereocenters. The lowest BCUT2D eigenvalue weighted by molar-refractivity contribution is 0.0890. The predicted molar refractivity (Wildman–Crippen MR) is 79.3 cm³/mol. The Kier molecular flexibility index (Phi) is 4.28. The standard InChI is InChI=1S/C17H25NO/c1-11-7-5-9-15(13(11)3)17(19)18-16-10-6-8-12(2)14(16)4/h5,7,9,12,14,16H,6,8,10H2,1-4H3,(H,18,19). The number of benzene rings is 1. The first-order chi connectivity index (χ1) is 9.00. The number of carbonyl (C=O) groups is 1. The zero-order chi connectivity index (χ0) is 14.0. The zero-order valence-electron chi connectivity index (χ0n) is 12.5. The van der Waals surface area contributed by atoms with Gasteiger partial charge in [-0.2, -0.15) is 0 Å². The number of hydrogen-bond donors (Lipinski definition) is 1. The summed E-state index contributed by atoms with van der Waals surface area (Å²) in [4.78, 5) is 12.4. The summed E-state index contributed by atoms with van der Waals surface area (Å²) in [6, 6.07) is 6.27. The van der Waals surface area contributed by atoms with Gasteiger partial charge in [-0.3, -0.25) is 4.79 Å². The van der Waals surface area contributed by atoms with Gasteiger partial charge in [-0.25, -0.2) is 0 Å². The van der Waals surface area contributed by atoms with Crippen LogP contribution in [0.4, 0.5) is 0 Å². The largest absolute Gasteiger partial charge is 0.349 e. The SMILES string of the molecule is Cc1cccc(C(=O)NC2CCCC(C)C2C)c1C. The Morgan fingerprint density at radius 3 is 2.68 bits per heavy atom. The lowest BCUT2D eigenvalue weighted by atomic mass is 9.78. The molecule has 0 radical (unpaired) electrons. The van der Waals surface area contributed by atoms with Crippen molar-refractivity contribution in [3.63, 3.8) is 0 Å². The molecule has 1 N–H and O–H groups in total. The highest BCUT2D eigenvalue weighted by Gasteiger charge is 2.28. The van der Waals surface area contributed by atoms with Crippen molar-refractivity contribution in [3.05, 3.63) is 34.9 Å². The molecule has 2 nitrogen and oxygen atoms in total. The fourth-order valence-corrected chi connectivity index (χ4v) is 3.03. The van der Waals surface area contributed by atoms with E-state index in [0.717, 1.165) is 17.5 Å². The second-order valence-electron chi connectivity index (χ2n) is 6.09. The van der Waals surface area contributed by atoms with Crippen molar-refractivity contribution in [1.29, 1.82) is 0 Å². The molecule has 2 rings (SSSR count). The quantitative estimate of drug-likeness (QED) is 0.858. The highest BCUT2D eigenvalue weighted by atomic mass is 16.1. The molecule has 1 saturated carbocycles. The summed E-state index contributed by atoms with van der Waals surface area (Å²) in [6.45, 7) is 8.63. The molecule has 1 aliphatic carbocycles. The van der Waals surface area contributed by atoms with E-state index in [1.807, 2.05) is 19.1 Å². The molecule has 0 bridgehead atoms. The van der Waals surface area contributed by atoms with Gasteiger partial charge in [0.2, 0.25) is 0 Å². The topological polar surface area (TPSA) is 29.1 Å². The predicted octanol–water partition coefficient (Wildman–Crippen LogP) is 3.86. The molecule has 3 unspecified atom stereocenters. The van der Waals surface area contributed by atoms with E-state index in [1.165, 1.54) is 18.4 Å². The maximum absolute atomic E-state index is 12.4. The van der Waals surface area contributed by atoms with E-state index in [1.54, 1.807) is 0 Å². The fourth-order valence-electron chi connectivity index (χ4n) is 3.03. The summed E-state index contributed by atoms with van der Waals surface area (Å²) < 4.78 is 0. The third-order valence-electron chi connectivity index (χ3n) is 4.87. The van der Waals surface area contributed by atoms with Crippen LogP contribution in [0.5, 0.6) is 0 Å². The second kappa shape index (κ2) is 5.77. The first kappa shape index (κ1) is 14.1. The van der Waals surface area contributed by atoms with Crippen LogP contribution in [0.3, 0.4) is 0 Å². The smallest absolute Gasteiger partial charge is 0.251 e. The van der Waals surface area contributed by atoms with E-state index < -0.39 is 0 Å². The number of carbonyl (C=O) groups excluding carboxylic acids is 1. The minimum atomic E-state index is 0.0900. The molecule has 1 aromatic carbocycles. The van der Waals surface area contributed by atoms with Crippen LogP contribution in [0, 0.1) is 25.7 Å². The van der Waals surface area contributed by atoms with Crippen molar-refractivity contribution < 1.29 is 4.79 Å². The Morgan fingerprint density at radius 1 is 1.21 bits per heavy atom. The third kappa shape index (κ3) is 2.99. The van der Waals surface area contributed by atoms with E-state index in [-0.39, 0.29) is 5.91 Å². The summed E-state index contributed by atoms with van der Waals surface area (Å²) in [5, 5.41) is 3.24. The van der Waals surface area contributed by atoms with Gasteiger partial charge in [0, 0.05) is 11.6 Å². The van der Waals surface area contributed by atoms with Gasteiger partial charge >= 0.3 is 0 Å². The van der Waals surface area contributed by atoms with Gasteiger partial charge in [-0.1, -0.05) is 38.8 Å². The lowest BCUT2D eigenvalue weighted by Gasteiger charge is -2.34. The average molecular weight is 259 g/mol. The Morgan fingerprint density at radius 2 is 1.95 bits per heavy atom. The van der Waals surface area contributed by atoms with Crippen LogP contribution in [-0.2, 0) is 0 Å². The minimum absolute atomic E-state index is 0.0900. The molecule has 1 amide bonds. The molecule has 0 heterocycles. The van der Waals surface area contributed by atoms with Crippen LogP contribution < -0.4 is 5.32 Å². The fraction of sp³-hybridized carbons (Fsp3) is 0.588. The summed E-state index contributed by atoms with van der Waals surface area (Å²) in [5.41, 5.74) is 3.10.